The van der Waals surface area contributed by atoms with Crippen LogP contribution in [0.5, 0.6) is 0 Å². The van der Waals surface area contributed by atoms with Crippen LogP contribution in [0, 0.1) is 5.92 Å². The Kier molecular flexibility index (Phi) is 7.43. The second kappa shape index (κ2) is 9.57. The highest BCUT2D eigenvalue weighted by Crippen LogP contribution is 2.22. The quantitative estimate of drug-likeness (QED) is 0.793. The summed E-state index contributed by atoms with van der Waals surface area (Å²) in [7, 11) is 0. The van der Waals surface area contributed by atoms with Crippen LogP contribution < -0.4 is 11.1 Å². The summed E-state index contributed by atoms with van der Waals surface area (Å²) in [6.07, 6.45) is 5.69. The third kappa shape index (κ3) is 5.74. The fourth-order valence-corrected chi connectivity index (χ4v) is 3.66. The molecule has 24 heavy (non-hydrogen) atoms. The first kappa shape index (κ1) is 18.6. The summed E-state index contributed by atoms with van der Waals surface area (Å²) in [5.41, 5.74) is 6.57. The van der Waals surface area contributed by atoms with Gasteiger partial charge >= 0.3 is 6.03 Å². The molecule has 2 rings (SSSR count). The number of nitrogens with two attached hydrogens (primary N) is 1. The van der Waals surface area contributed by atoms with Crippen LogP contribution >= 0.6 is 11.8 Å². The number of nitrogens with zero attached hydrogens (tertiary/aromatic N) is 1. The zero-order valence-corrected chi connectivity index (χ0v) is 15.1. The largest absolute Gasteiger partial charge is 0.352 e. The minimum absolute atomic E-state index is 0.000936. The second-order valence-electron chi connectivity index (χ2n) is 6.30. The lowest BCUT2D eigenvalue weighted by atomic mass is 9.90. The van der Waals surface area contributed by atoms with Gasteiger partial charge < -0.3 is 16.0 Å². The van der Waals surface area contributed by atoms with Gasteiger partial charge in [0.05, 0.1) is 0 Å². The van der Waals surface area contributed by atoms with Crippen molar-refractivity contribution in [3.8, 4) is 0 Å². The number of primary amides is 1. The molecule has 1 saturated heterocycles. The molecule has 1 fully saturated rings. The van der Waals surface area contributed by atoms with Gasteiger partial charge in [0.15, 0.2) is 0 Å². The van der Waals surface area contributed by atoms with Gasteiger partial charge in [-0.3, -0.25) is 4.79 Å². The number of piperidine rings is 1. The number of urea groups is 1. The summed E-state index contributed by atoms with van der Waals surface area (Å²) in [6.45, 7) is 1.51. The molecule has 1 aromatic carbocycles. The molecule has 3 N–H and O–H groups in total. The van der Waals surface area contributed by atoms with Gasteiger partial charge in [-0.25, -0.2) is 4.79 Å². The summed E-state index contributed by atoms with van der Waals surface area (Å²) in [4.78, 5) is 25.7. The summed E-state index contributed by atoms with van der Waals surface area (Å²) in [5, 5.41) is 2.60. The normalized spacial score (nSPS) is 16.6. The summed E-state index contributed by atoms with van der Waals surface area (Å²) in [5.74, 6) is 1.44. The molecule has 132 valence electrons. The van der Waals surface area contributed by atoms with Gasteiger partial charge in [-0.15, -0.1) is 0 Å². The molecule has 0 aromatic heterocycles. The lowest BCUT2D eigenvalue weighted by Crippen LogP contribution is -2.52. The Bertz CT molecular complexity index is 530. The monoisotopic (exact) mass is 349 g/mol. The van der Waals surface area contributed by atoms with E-state index >= 15 is 0 Å². The number of rotatable bonds is 7. The van der Waals surface area contributed by atoms with Gasteiger partial charge in [-0.1, -0.05) is 30.3 Å². The lowest BCUT2D eigenvalue weighted by molar-refractivity contribution is -0.134. The zero-order valence-electron chi connectivity index (χ0n) is 14.2. The maximum Gasteiger partial charge on any atom is 0.312 e. The topological polar surface area (TPSA) is 75.4 Å². The molecule has 1 aliphatic heterocycles. The fraction of sp³-hybridized carbons (Fsp3) is 0.556. The first-order valence-electron chi connectivity index (χ1n) is 8.47. The van der Waals surface area contributed by atoms with Crippen LogP contribution in [-0.2, 0) is 11.2 Å². The Balaban J connectivity index is 1.85. The average molecular weight is 350 g/mol. The van der Waals surface area contributed by atoms with E-state index < -0.39 is 12.1 Å². The van der Waals surface area contributed by atoms with Crippen molar-refractivity contribution < 1.29 is 9.59 Å². The van der Waals surface area contributed by atoms with E-state index in [4.69, 9.17) is 5.73 Å². The maximum absolute atomic E-state index is 12.7. The van der Waals surface area contributed by atoms with Crippen LogP contribution in [0.1, 0.15) is 24.8 Å². The Morgan fingerprint density at radius 2 is 1.96 bits per heavy atom. The number of amides is 3. The number of carbonyl (C=O) groups is 2. The predicted molar refractivity (Wildman–Crippen MR) is 99.0 cm³/mol. The smallest absolute Gasteiger partial charge is 0.312 e. The Morgan fingerprint density at radius 3 is 2.54 bits per heavy atom. The Hall–Kier alpha value is -1.69. The molecule has 0 aliphatic carbocycles. The van der Waals surface area contributed by atoms with Gasteiger partial charge in [-0.05, 0) is 49.2 Å². The number of thioether (sulfide) groups is 1. The number of benzene rings is 1. The highest BCUT2D eigenvalue weighted by molar-refractivity contribution is 7.98. The van der Waals surface area contributed by atoms with E-state index in [1.807, 2.05) is 17.2 Å². The van der Waals surface area contributed by atoms with E-state index in [1.54, 1.807) is 11.8 Å². The number of nitrogens with one attached hydrogen (secondary N) is 1. The fourth-order valence-electron chi connectivity index (χ4n) is 3.19. The van der Waals surface area contributed by atoms with E-state index in [0.717, 1.165) is 38.1 Å². The average Bonchev–Trinajstić information content (AvgIpc) is 2.59. The predicted octanol–water partition coefficient (Wildman–Crippen LogP) is 2.26. The second-order valence-corrected chi connectivity index (χ2v) is 7.29. The third-order valence-electron chi connectivity index (χ3n) is 4.52. The van der Waals surface area contributed by atoms with Crippen LogP contribution in [0.25, 0.3) is 0 Å². The molecule has 5 nitrogen and oxygen atoms in total. The summed E-state index contributed by atoms with van der Waals surface area (Å²) in [6, 6.07) is 9.36. The van der Waals surface area contributed by atoms with Gasteiger partial charge in [0.1, 0.15) is 6.04 Å². The van der Waals surface area contributed by atoms with Crippen molar-refractivity contribution in [2.75, 3.05) is 25.1 Å². The summed E-state index contributed by atoms with van der Waals surface area (Å²) < 4.78 is 0. The molecule has 1 atom stereocenters. The standard InChI is InChI=1S/C18H27N3O2S/c1-24-12-9-16(20-18(19)23)17(22)21-10-7-15(8-11-21)13-14-5-3-2-4-6-14/h2-6,15-16H,7-13H2,1H3,(H3,19,20,23)/t16-/m0/s1. The molecule has 0 bridgehead atoms. The number of likely N-dealkylation sites (tertiary alicyclic amines) is 1. The molecular weight excluding hydrogens is 322 g/mol. The van der Waals surface area contributed by atoms with Crippen molar-refractivity contribution in [3.63, 3.8) is 0 Å². The van der Waals surface area contributed by atoms with Crippen LogP contribution in [0.4, 0.5) is 4.79 Å². The molecular formula is C18H27N3O2S. The molecule has 1 heterocycles. The van der Waals surface area contributed by atoms with Crippen molar-refractivity contribution in [1.82, 2.24) is 10.2 Å². The first-order valence-corrected chi connectivity index (χ1v) is 9.87. The van der Waals surface area contributed by atoms with Crippen LogP contribution in [-0.4, -0.2) is 48.0 Å². The minimum atomic E-state index is -0.631. The van der Waals surface area contributed by atoms with E-state index in [9.17, 15) is 9.59 Å². The molecule has 6 heteroatoms. The molecule has 0 radical (unpaired) electrons. The minimum Gasteiger partial charge on any atom is -0.352 e. The van der Waals surface area contributed by atoms with Gasteiger partial charge in [0, 0.05) is 13.1 Å². The molecule has 3 amide bonds. The Labute approximate surface area is 148 Å². The number of carbonyl (C=O) groups excluding carboxylic acids is 2. The van der Waals surface area contributed by atoms with E-state index in [2.05, 4.69) is 29.6 Å². The van der Waals surface area contributed by atoms with Crippen LogP contribution in [0.2, 0.25) is 0 Å². The first-order chi connectivity index (χ1) is 11.6. The van der Waals surface area contributed by atoms with Crippen molar-refractivity contribution in [1.29, 1.82) is 0 Å². The SMILES string of the molecule is CSCC[C@H](NC(N)=O)C(=O)N1CCC(Cc2ccccc2)CC1. The lowest BCUT2D eigenvalue weighted by Gasteiger charge is -2.34. The molecule has 0 saturated carbocycles. The van der Waals surface area contributed by atoms with Crippen molar-refractivity contribution in [3.05, 3.63) is 35.9 Å². The molecule has 0 spiro atoms. The van der Waals surface area contributed by atoms with Crippen LogP contribution in [0.3, 0.4) is 0 Å². The van der Waals surface area contributed by atoms with Crippen molar-refractivity contribution in [2.24, 2.45) is 11.7 Å². The number of hydrogen-bond acceptors (Lipinski definition) is 3. The summed E-state index contributed by atoms with van der Waals surface area (Å²) >= 11 is 1.66. The van der Waals surface area contributed by atoms with E-state index in [-0.39, 0.29) is 5.91 Å². The van der Waals surface area contributed by atoms with Crippen LogP contribution in [0.15, 0.2) is 30.3 Å². The molecule has 0 unspecified atom stereocenters. The molecule has 1 aromatic rings. The van der Waals surface area contributed by atoms with E-state index in [0.29, 0.717) is 12.3 Å². The highest BCUT2D eigenvalue weighted by Gasteiger charge is 2.28. The van der Waals surface area contributed by atoms with E-state index in [1.165, 1.54) is 5.56 Å². The van der Waals surface area contributed by atoms with Gasteiger partial charge in [-0.2, -0.15) is 11.8 Å². The maximum atomic E-state index is 12.7. The van der Waals surface area contributed by atoms with Gasteiger partial charge in [0.25, 0.3) is 0 Å². The Morgan fingerprint density at radius 1 is 1.29 bits per heavy atom. The highest BCUT2D eigenvalue weighted by atomic mass is 32.2. The molecule has 1 aliphatic rings. The van der Waals surface area contributed by atoms with Gasteiger partial charge in [0.2, 0.25) is 5.91 Å². The van der Waals surface area contributed by atoms with Crippen molar-refractivity contribution in [2.45, 2.75) is 31.7 Å². The zero-order chi connectivity index (χ0) is 17.4. The van der Waals surface area contributed by atoms with Crippen molar-refractivity contribution >= 4 is 23.7 Å². The number of hydrogen-bond donors (Lipinski definition) is 2. The third-order valence-corrected chi connectivity index (χ3v) is 5.16.